The summed E-state index contributed by atoms with van der Waals surface area (Å²) in [5.74, 6) is 0.573. The number of halogens is 1. The van der Waals surface area contributed by atoms with Crippen LogP contribution in [0.25, 0.3) is 16.7 Å². The van der Waals surface area contributed by atoms with Crippen LogP contribution in [0.2, 0.25) is 5.15 Å². The third-order valence-electron chi connectivity index (χ3n) is 3.50. The number of hydrazone groups is 1. The average Bonchev–Trinajstić information content (AvgIpc) is 3.08. The number of para-hydroxylation sites is 1. The maximum absolute atomic E-state index is 5.86. The molecule has 0 aliphatic heterocycles. The van der Waals surface area contributed by atoms with E-state index in [0.29, 0.717) is 16.6 Å². The van der Waals surface area contributed by atoms with Crippen molar-refractivity contribution in [1.82, 2.24) is 24.7 Å². The molecule has 0 aliphatic carbocycles. The van der Waals surface area contributed by atoms with Crippen LogP contribution in [-0.2, 0) is 0 Å². The standard InChI is InChI=1S/C17H12ClN7/c18-15-8-12(6-7-19-15)9-22-24-16-14-10-23-25(17(14)21-11-20-16)13-4-2-1-3-5-13/h1-11H,(H,20,21,24). The van der Waals surface area contributed by atoms with Crippen LogP contribution in [0, 0.1) is 0 Å². The summed E-state index contributed by atoms with van der Waals surface area (Å²) in [5.41, 5.74) is 5.38. The molecule has 3 aromatic heterocycles. The van der Waals surface area contributed by atoms with Gasteiger partial charge in [-0.05, 0) is 29.8 Å². The number of nitrogens with one attached hydrogen (secondary N) is 1. The first-order chi connectivity index (χ1) is 12.3. The van der Waals surface area contributed by atoms with Gasteiger partial charge < -0.3 is 0 Å². The van der Waals surface area contributed by atoms with Crippen LogP contribution in [0.5, 0.6) is 0 Å². The Labute approximate surface area is 148 Å². The van der Waals surface area contributed by atoms with E-state index in [2.05, 4.69) is 30.6 Å². The molecule has 0 fully saturated rings. The molecule has 0 atom stereocenters. The first-order valence-electron chi connectivity index (χ1n) is 7.46. The van der Waals surface area contributed by atoms with Crippen molar-refractivity contribution in [1.29, 1.82) is 0 Å². The summed E-state index contributed by atoms with van der Waals surface area (Å²) in [6.45, 7) is 0. The second kappa shape index (κ2) is 6.66. The zero-order valence-electron chi connectivity index (χ0n) is 12.9. The van der Waals surface area contributed by atoms with Crippen molar-refractivity contribution in [3.63, 3.8) is 0 Å². The van der Waals surface area contributed by atoms with Gasteiger partial charge in [-0.1, -0.05) is 29.8 Å². The fourth-order valence-corrected chi connectivity index (χ4v) is 2.54. The van der Waals surface area contributed by atoms with Gasteiger partial charge in [0.2, 0.25) is 0 Å². The second-order valence-corrected chi connectivity index (χ2v) is 5.52. The molecule has 0 saturated heterocycles. The molecule has 0 aliphatic rings. The molecule has 25 heavy (non-hydrogen) atoms. The first-order valence-corrected chi connectivity index (χ1v) is 7.84. The van der Waals surface area contributed by atoms with Crippen LogP contribution in [-0.4, -0.2) is 30.9 Å². The van der Waals surface area contributed by atoms with Crippen molar-refractivity contribution in [2.75, 3.05) is 5.43 Å². The molecule has 3 heterocycles. The van der Waals surface area contributed by atoms with Crippen molar-refractivity contribution < 1.29 is 0 Å². The summed E-state index contributed by atoms with van der Waals surface area (Å²) in [5, 5.41) is 9.79. The molecule has 4 aromatic rings. The number of rotatable bonds is 4. The van der Waals surface area contributed by atoms with Crippen LogP contribution < -0.4 is 5.43 Å². The number of anilines is 1. The van der Waals surface area contributed by atoms with E-state index in [9.17, 15) is 0 Å². The molecule has 0 amide bonds. The molecular formula is C17H12ClN7. The molecule has 8 heteroatoms. The molecule has 0 unspecified atom stereocenters. The van der Waals surface area contributed by atoms with Crippen molar-refractivity contribution in [3.05, 3.63) is 71.9 Å². The van der Waals surface area contributed by atoms with E-state index in [-0.39, 0.29) is 0 Å². The van der Waals surface area contributed by atoms with Gasteiger partial charge >= 0.3 is 0 Å². The van der Waals surface area contributed by atoms with E-state index in [4.69, 9.17) is 11.6 Å². The number of fused-ring (bicyclic) bond motifs is 1. The van der Waals surface area contributed by atoms with Crippen molar-refractivity contribution in [2.45, 2.75) is 0 Å². The largest absolute Gasteiger partial charge is 0.261 e. The topological polar surface area (TPSA) is 80.9 Å². The molecule has 0 spiro atoms. The number of hydrogen-bond donors (Lipinski definition) is 1. The van der Waals surface area contributed by atoms with Gasteiger partial charge in [0, 0.05) is 6.20 Å². The van der Waals surface area contributed by atoms with E-state index < -0.39 is 0 Å². The predicted octanol–water partition coefficient (Wildman–Crippen LogP) is 3.31. The van der Waals surface area contributed by atoms with E-state index in [1.807, 2.05) is 30.3 Å². The Morgan fingerprint density at radius 2 is 1.96 bits per heavy atom. The number of benzene rings is 1. The third kappa shape index (κ3) is 3.17. The maximum atomic E-state index is 5.86. The van der Waals surface area contributed by atoms with Crippen LogP contribution >= 0.6 is 11.6 Å². The van der Waals surface area contributed by atoms with Gasteiger partial charge in [-0.15, -0.1) is 0 Å². The molecular weight excluding hydrogens is 338 g/mol. The summed E-state index contributed by atoms with van der Waals surface area (Å²) >= 11 is 5.86. The molecule has 7 nitrogen and oxygen atoms in total. The van der Waals surface area contributed by atoms with E-state index in [1.54, 1.807) is 35.4 Å². The van der Waals surface area contributed by atoms with Crippen molar-refractivity contribution in [2.24, 2.45) is 5.10 Å². The average molecular weight is 350 g/mol. The third-order valence-corrected chi connectivity index (χ3v) is 3.71. The minimum Gasteiger partial charge on any atom is -0.261 e. The first kappa shape index (κ1) is 15.2. The molecule has 0 bridgehead atoms. The maximum Gasteiger partial charge on any atom is 0.168 e. The Hall–Kier alpha value is -3.32. The minimum atomic E-state index is 0.414. The van der Waals surface area contributed by atoms with Gasteiger partial charge in [0.1, 0.15) is 11.5 Å². The molecule has 0 radical (unpaired) electrons. The molecule has 122 valence electrons. The number of hydrogen-bond acceptors (Lipinski definition) is 6. The molecule has 1 N–H and O–H groups in total. The van der Waals surface area contributed by atoms with Crippen LogP contribution in [0.15, 0.2) is 66.3 Å². The smallest absolute Gasteiger partial charge is 0.168 e. The van der Waals surface area contributed by atoms with Crippen LogP contribution in [0.1, 0.15) is 5.56 Å². The van der Waals surface area contributed by atoms with Gasteiger partial charge in [0.15, 0.2) is 11.5 Å². The summed E-state index contributed by atoms with van der Waals surface area (Å²) in [7, 11) is 0. The Morgan fingerprint density at radius 3 is 2.80 bits per heavy atom. The van der Waals surface area contributed by atoms with E-state index >= 15 is 0 Å². The Bertz CT molecular complexity index is 1040. The highest BCUT2D eigenvalue weighted by atomic mass is 35.5. The predicted molar refractivity (Wildman–Crippen MR) is 97.1 cm³/mol. The zero-order valence-corrected chi connectivity index (χ0v) is 13.7. The zero-order chi connectivity index (χ0) is 17.1. The lowest BCUT2D eigenvalue weighted by Gasteiger charge is -2.03. The van der Waals surface area contributed by atoms with Gasteiger partial charge in [0.25, 0.3) is 0 Å². The number of pyridine rings is 1. The summed E-state index contributed by atoms with van der Waals surface area (Å²) in [6.07, 6.45) is 6.45. The Balaban J connectivity index is 1.64. The van der Waals surface area contributed by atoms with Gasteiger partial charge in [-0.2, -0.15) is 10.2 Å². The Kier molecular flexibility index (Phi) is 4.05. The van der Waals surface area contributed by atoms with Crippen molar-refractivity contribution in [3.8, 4) is 5.69 Å². The summed E-state index contributed by atoms with van der Waals surface area (Å²) < 4.78 is 1.76. The van der Waals surface area contributed by atoms with Gasteiger partial charge in [-0.3, -0.25) is 5.43 Å². The fraction of sp³-hybridized carbons (Fsp3) is 0. The van der Waals surface area contributed by atoms with Gasteiger partial charge in [-0.25, -0.2) is 19.6 Å². The van der Waals surface area contributed by atoms with Crippen molar-refractivity contribution >= 4 is 34.7 Å². The van der Waals surface area contributed by atoms with E-state index in [0.717, 1.165) is 16.6 Å². The fourth-order valence-electron chi connectivity index (χ4n) is 2.36. The second-order valence-electron chi connectivity index (χ2n) is 5.13. The highest BCUT2D eigenvalue weighted by Crippen LogP contribution is 2.21. The van der Waals surface area contributed by atoms with Crippen LogP contribution in [0.4, 0.5) is 5.82 Å². The number of aromatic nitrogens is 5. The lowest BCUT2D eigenvalue weighted by molar-refractivity contribution is 0.895. The molecule has 4 rings (SSSR count). The Morgan fingerprint density at radius 1 is 1.08 bits per heavy atom. The van der Waals surface area contributed by atoms with E-state index in [1.165, 1.54) is 6.33 Å². The summed E-state index contributed by atoms with van der Waals surface area (Å²) in [6, 6.07) is 13.3. The lowest BCUT2D eigenvalue weighted by atomic mass is 10.3. The SMILES string of the molecule is Clc1cc(C=NNc2ncnc3c2cnn3-c2ccccc2)ccn1. The minimum absolute atomic E-state index is 0.414. The van der Waals surface area contributed by atoms with Crippen LogP contribution in [0.3, 0.4) is 0 Å². The number of nitrogens with zero attached hydrogens (tertiary/aromatic N) is 6. The highest BCUT2D eigenvalue weighted by molar-refractivity contribution is 6.29. The van der Waals surface area contributed by atoms with Gasteiger partial charge in [0.05, 0.1) is 23.5 Å². The normalized spacial score (nSPS) is 11.2. The monoisotopic (exact) mass is 349 g/mol. The molecule has 1 aromatic carbocycles. The quantitative estimate of drug-likeness (QED) is 0.347. The molecule has 0 saturated carbocycles. The highest BCUT2D eigenvalue weighted by Gasteiger charge is 2.10. The summed E-state index contributed by atoms with van der Waals surface area (Å²) in [4.78, 5) is 12.5. The lowest BCUT2D eigenvalue weighted by Crippen LogP contribution is -1.99.